The molecule has 1 fully saturated rings. The van der Waals surface area contributed by atoms with Crippen LogP contribution < -0.4 is 5.32 Å². The normalized spacial score (nSPS) is 19.9. The molecule has 0 aliphatic carbocycles. The first-order chi connectivity index (χ1) is 8.84. The summed E-state index contributed by atoms with van der Waals surface area (Å²) in [4.78, 5) is 4.39. The van der Waals surface area contributed by atoms with Gasteiger partial charge in [-0.05, 0) is 31.5 Å². The minimum atomic E-state index is 0.173. The third-order valence-electron chi connectivity index (χ3n) is 3.23. The predicted octanol–water partition coefficient (Wildman–Crippen LogP) is 1.91. The topological polar surface area (TPSA) is 71.2 Å². The highest BCUT2D eigenvalue weighted by atomic mass is 16.5. The van der Waals surface area contributed by atoms with Gasteiger partial charge in [-0.25, -0.2) is 0 Å². The lowest BCUT2D eigenvalue weighted by Gasteiger charge is -2.18. The van der Waals surface area contributed by atoms with Crippen LogP contribution in [0.1, 0.15) is 24.7 Å². The van der Waals surface area contributed by atoms with Gasteiger partial charge in [0.25, 0.3) is 0 Å². The molecule has 2 heterocycles. The van der Waals surface area contributed by atoms with Gasteiger partial charge in [-0.15, -0.1) is 0 Å². The molecule has 2 N–H and O–H groups in total. The largest absolute Gasteiger partial charge is 0.507 e. The van der Waals surface area contributed by atoms with Crippen molar-refractivity contribution in [2.45, 2.75) is 18.8 Å². The first-order valence-corrected chi connectivity index (χ1v) is 6.17. The summed E-state index contributed by atoms with van der Waals surface area (Å²) in [6.45, 7) is 1.93. The van der Waals surface area contributed by atoms with Crippen LogP contribution in [0.15, 0.2) is 28.8 Å². The predicted molar refractivity (Wildman–Crippen MR) is 66.2 cm³/mol. The maximum atomic E-state index is 9.75. The van der Waals surface area contributed by atoms with Crippen LogP contribution in [0.5, 0.6) is 5.75 Å². The van der Waals surface area contributed by atoms with E-state index in [4.69, 9.17) is 4.52 Å². The van der Waals surface area contributed by atoms with Gasteiger partial charge in [0.2, 0.25) is 11.7 Å². The lowest BCUT2D eigenvalue weighted by atomic mass is 10.00. The molecule has 1 saturated heterocycles. The van der Waals surface area contributed by atoms with E-state index in [0.29, 0.717) is 17.3 Å². The summed E-state index contributed by atoms with van der Waals surface area (Å²) in [6.07, 6.45) is 2.19. The van der Waals surface area contributed by atoms with Crippen molar-refractivity contribution in [2.75, 3.05) is 13.1 Å². The Labute approximate surface area is 105 Å². The number of para-hydroxylation sites is 1. The van der Waals surface area contributed by atoms with Crippen LogP contribution in [0.25, 0.3) is 11.4 Å². The fraction of sp³-hybridized carbons (Fsp3) is 0.385. The number of phenols is 1. The minimum Gasteiger partial charge on any atom is -0.507 e. The van der Waals surface area contributed by atoms with Gasteiger partial charge in [0.15, 0.2) is 0 Å². The first-order valence-electron chi connectivity index (χ1n) is 6.17. The van der Waals surface area contributed by atoms with Crippen LogP contribution in [0.4, 0.5) is 0 Å². The van der Waals surface area contributed by atoms with Crippen molar-refractivity contribution in [2.24, 2.45) is 0 Å². The van der Waals surface area contributed by atoms with Gasteiger partial charge >= 0.3 is 0 Å². The molecule has 1 atom stereocenters. The van der Waals surface area contributed by atoms with E-state index in [1.54, 1.807) is 18.2 Å². The molecule has 1 unspecified atom stereocenters. The van der Waals surface area contributed by atoms with Crippen molar-refractivity contribution >= 4 is 0 Å². The smallest absolute Gasteiger partial charge is 0.231 e. The van der Waals surface area contributed by atoms with Gasteiger partial charge in [0.05, 0.1) is 11.5 Å². The zero-order chi connectivity index (χ0) is 12.4. The maximum Gasteiger partial charge on any atom is 0.231 e. The maximum absolute atomic E-state index is 9.75. The van der Waals surface area contributed by atoms with Crippen LogP contribution in [-0.4, -0.2) is 28.3 Å². The quantitative estimate of drug-likeness (QED) is 0.845. The van der Waals surface area contributed by atoms with Crippen molar-refractivity contribution in [3.05, 3.63) is 30.2 Å². The number of rotatable bonds is 2. The third-order valence-corrected chi connectivity index (χ3v) is 3.23. The number of phenolic OH excluding ortho intramolecular Hbond substituents is 1. The summed E-state index contributed by atoms with van der Waals surface area (Å²) in [5.41, 5.74) is 0.608. The standard InChI is InChI=1S/C13H15N3O2/c17-11-6-2-1-5-10(11)12-15-13(18-16-12)9-4-3-7-14-8-9/h1-2,5-6,9,14,17H,3-4,7-8H2. The molecular formula is C13H15N3O2. The van der Waals surface area contributed by atoms with Gasteiger partial charge in [-0.1, -0.05) is 17.3 Å². The number of aromatic hydroxyl groups is 1. The van der Waals surface area contributed by atoms with Crippen molar-refractivity contribution in [1.29, 1.82) is 0 Å². The number of aromatic nitrogens is 2. The Morgan fingerprint density at radius 1 is 1.33 bits per heavy atom. The molecule has 3 rings (SSSR count). The number of benzene rings is 1. The molecule has 1 aliphatic heterocycles. The molecule has 0 amide bonds. The monoisotopic (exact) mass is 245 g/mol. The fourth-order valence-corrected chi connectivity index (χ4v) is 2.24. The Kier molecular flexibility index (Phi) is 2.98. The van der Waals surface area contributed by atoms with E-state index in [2.05, 4.69) is 15.5 Å². The van der Waals surface area contributed by atoms with Gasteiger partial charge in [0, 0.05) is 6.54 Å². The van der Waals surface area contributed by atoms with Crippen LogP contribution >= 0.6 is 0 Å². The summed E-state index contributed by atoms with van der Waals surface area (Å²) < 4.78 is 5.30. The Morgan fingerprint density at radius 3 is 3.00 bits per heavy atom. The molecule has 0 radical (unpaired) electrons. The lowest BCUT2D eigenvalue weighted by molar-refractivity contribution is 0.322. The molecule has 1 aliphatic rings. The van der Waals surface area contributed by atoms with Gasteiger partial charge in [-0.3, -0.25) is 0 Å². The average Bonchev–Trinajstić information content (AvgIpc) is 2.90. The summed E-state index contributed by atoms with van der Waals surface area (Å²) in [6, 6.07) is 7.01. The zero-order valence-electron chi connectivity index (χ0n) is 9.97. The van der Waals surface area contributed by atoms with E-state index in [9.17, 15) is 5.11 Å². The summed E-state index contributed by atoms with van der Waals surface area (Å²) in [5.74, 6) is 1.56. The lowest BCUT2D eigenvalue weighted by Crippen LogP contribution is -2.28. The Hall–Kier alpha value is -1.88. The second-order valence-electron chi connectivity index (χ2n) is 4.52. The van der Waals surface area contributed by atoms with Crippen molar-refractivity contribution < 1.29 is 9.63 Å². The van der Waals surface area contributed by atoms with E-state index in [-0.39, 0.29) is 11.7 Å². The molecule has 0 bridgehead atoms. The second kappa shape index (κ2) is 4.78. The molecule has 1 aromatic carbocycles. The van der Waals surface area contributed by atoms with Gasteiger partial charge in [-0.2, -0.15) is 4.98 Å². The molecular weight excluding hydrogens is 230 g/mol. The number of hydrogen-bond acceptors (Lipinski definition) is 5. The van der Waals surface area contributed by atoms with E-state index in [1.165, 1.54) is 0 Å². The van der Waals surface area contributed by atoms with E-state index in [0.717, 1.165) is 25.9 Å². The zero-order valence-corrected chi connectivity index (χ0v) is 9.97. The first kappa shape index (κ1) is 11.2. The number of nitrogens with zero attached hydrogens (tertiary/aromatic N) is 2. The summed E-state index contributed by atoms with van der Waals surface area (Å²) in [7, 11) is 0. The Balaban J connectivity index is 1.87. The van der Waals surface area contributed by atoms with Crippen LogP contribution in [-0.2, 0) is 0 Å². The third kappa shape index (κ3) is 2.09. The second-order valence-corrected chi connectivity index (χ2v) is 4.52. The molecule has 94 valence electrons. The molecule has 1 aromatic heterocycles. The Morgan fingerprint density at radius 2 is 2.22 bits per heavy atom. The van der Waals surface area contributed by atoms with Gasteiger partial charge in [0.1, 0.15) is 5.75 Å². The highest BCUT2D eigenvalue weighted by Crippen LogP contribution is 2.28. The molecule has 0 saturated carbocycles. The number of piperidine rings is 1. The molecule has 0 spiro atoms. The molecule has 18 heavy (non-hydrogen) atoms. The molecule has 5 nitrogen and oxygen atoms in total. The van der Waals surface area contributed by atoms with Crippen LogP contribution in [0.2, 0.25) is 0 Å². The SMILES string of the molecule is Oc1ccccc1-c1noc(C2CCCNC2)n1. The number of hydrogen-bond donors (Lipinski definition) is 2. The highest BCUT2D eigenvalue weighted by Gasteiger charge is 2.22. The minimum absolute atomic E-state index is 0.173. The van der Waals surface area contributed by atoms with E-state index in [1.807, 2.05) is 6.07 Å². The highest BCUT2D eigenvalue weighted by molar-refractivity contribution is 5.62. The summed E-state index contributed by atoms with van der Waals surface area (Å²) in [5, 5.41) is 17.0. The average molecular weight is 245 g/mol. The van der Waals surface area contributed by atoms with E-state index < -0.39 is 0 Å². The van der Waals surface area contributed by atoms with Crippen LogP contribution in [0.3, 0.4) is 0 Å². The fourth-order valence-electron chi connectivity index (χ4n) is 2.24. The number of nitrogens with one attached hydrogen (secondary N) is 1. The van der Waals surface area contributed by atoms with Crippen LogP contribution in [0, 0.1) is 0 Å². The Bertz CT molecular complexity index is 533. The molecule has 2 aromatic rings. The van der Waals surface area contributed by atoms with E-state index >= 15 is 0 Å². The molecule has 5 heteroatoms. The van der Waals surface area contributed by atoms with Crippen molar-refractivity contribution in [3.63, 3.8) is 0 Å². The summed E-state index contributed by atoms with van der Waals surface area (Å²) >= 11 is 0. The van der Waals surface area contributed by atoms with Crippen molar-refractivity contribution in [1.82, 2.24) is 15.5 Å². The van der Waals surface area contributed by atoms with Crippen molar-refractivity contribution in [3.8, 4) is 17.1 Å². The van der Waals surface area contributed by atoms with Gasteiger partial charge < -0.3 is 14.9 Å².